The minimum absolute atomic E-state index is 0.0378. The van der Waals surface area contributed by atoms with E-state index in [4.69, 9.17) is 5.41 Å². The van der Waals surface area contributed by atoms with Crippen molar-refractivity contribution in [2.75, 3.05) is 0 Å². The maximum Gasteiger partial charge on any atom is 0.0458 e. The Morgan fingerprint density at radius 1 is 0.932 bits per heavy atom. The number of hydrogen-bond donors (Lipinski definition) is 2. The number of aryl methyl sites for hydroxylation is 1. The van der Waals surface area contributed by atoms with Gasteiger partial charge in [0.05, 0.1) is 0 Å². The molecule has 44 heavy (non-hydrogen) atoms. The van der Waals surface area contributed by atoms with Gasteiger partial charge in [0.1, 0.15) is 0 Å². The van der Waals surface area contributed by atoms with Gasteiger partial charge >= 0.3 is 0 Å². The van der Waals surface area contributed by atoms with Crippen LogP contribution in [0.25, 0.3) is 16.8 Å². The number of H-pyrrole nitrogens is 1. The van der Waals surface area contributed by atoms with Gasteiger partial charge in [0.15, 0.2) is 0 Å². The van der Waals surface area contributed by atoms with Gasteiger partial charge in [0.25, 0.3) is 0 Å². The molecule has 0 aliphatic heterocycles. The maximum absolute atomic E-state index is 7.57. The van der Waals surface area contributed by atoms with E-state index in [-0.39, 0.29) is 5.41 Å². The van der Waals surface area contributed by atoms with E-state index >= 15 is 0 Å². The highest BCUT2D eigenvalue weighted by molar-refractivity contribution is 5.77. The number of aromatic nitrogens is 1. The van der Waals surface area contributed by atoms with E-state index in [2.05, 4.69) is 145 Å². The van der Waals surface area contributed by atoms with Crippen LogP contribution in [0.15, 0.2) is 90.5 Å². The fourth-order valence-corrected chi connectivity index (χ4v) is 4.58. The third kappa shape index (κ3) is 15.4. The maximum atomic E-state index is 7.57. The van der Waals surface area contributed by atoms with Gasteiger partial charge < -0.3 is 10.4 Å². The number of aromatic amines is 1. The van der Waals surface area contributed by atoms with Crippen molar-refractivity contribution in [1.82, 2.24) is 4.98 Å². The molecule has 2 aromatic carbocycles. The molecule has 0 atom stereocenters. The highest BCUT2D eigenvalue weighted by atomic mass is 14.7. The van der Waals surface area contributed by atoms with Crippen LogP contribution < -0.4 is 0 Å². The average Bonchev–Trinajstić information content (AvgIpc) is 3.48. The van der Waals surface area contributed by atoms with Gasteiger partial charge in [0.2, 0.25) is 0 Å². The molecule has 2 nitrogen and oxygen atoms in total. The third-order valence-corrected chi connectivity index (χ3v) is 6.70. The second-order valence-electron chi connectivity index (χ2n) is 12.1. The minimum Gasteiger partial charge on any atom is -0.358 e. The topological polar surface area (TPSA) is 39.6 Å². The summed E-state index contributed by atoms with van der Waals surface area (Å²) in [5.74, 6) is 0.698. The average molecular weight is 597 g/mol. The largest absolute Gasteiger partial charge is 0.358 e. The smallest absolute Gasteiger partial charge is 0.0458 e. The molecule has 1 aliphatic carbocycles. The van der Waals surface area contributed by atoms with E-state index in [0.29, 0.717) is 5.92 Å². The van der Waals surface area contributed by atoms with Crippen LogP contribution in [0.3, 0.4) is 0 Å². The van der Waals surface area contributed by atoms with Gasteiger partial charge in [-0.05, 0) is 83.9 Å². The van der Waals surface area contributed by atoms with Crippen LogP contribution >= 0.6 is 0 Å². The molecule has 0 fully saturated rings. The zero-order valence-corrected chi connectivity index (χ0v) is 30.3. The molecule has 0 amide bonds. The molecule has 0 saturated carbocycles. The summed E-state index contributed by atoms with van der Waals surface area (Å²) in [6, 6.07) is 21.6. The Labute approximate surface area is 272 Å². The molecule has 0 saturated heterocycles. The Bertz CT molecular complexity index is 1270. The highest BCUT2D eigenvalue weighted by Crippen LogP contribution is 2.26. The van der Waals surface area contributed by atoms with Crippen molar-refractivity contribution in [3.05, 3.63) is 113 Å². The molecule has 1 aliphatic rings. The highest BCUT2D eigenvalue weighted by Gasteiger charge is 2.14. The Morgan fingerprint density at radius 2 is 1.59 bits per heavy atom. The van der Waals surface area contributed by atoms with Gasteiger partial charge in [-0.25, -0.2) is 0 Å². The van der Waals surface area contributed by atoms with Crippen molar-refractivity contribution in [2.45, 2.75) is 115 Å². The molecule has 0 spiro atoms. The van der Waals surface area contributed by atoms with Gasteiger partial charge in [0, 0.05) is 23.2 Å². The van der Waals surface area contributed by atoms with Crippen LogP contribution in [0, 0.1) is 23.7 Å². The first-order valence-corrected chi connectivity index (χ1v) is 17.0. The summed E-state index contributed by atoms with van der Waals surface area (Å²) in [5.41, 5.74) is 10.4. The van der Waals surface area contributed by atoms with Gasteiger partial charge in [-0.1, -0.05) is 155 Å². The lowest BCUT2D eigenvalue weighted by molar-refractivity contribution is 0.524. The van der Waals surface area contributed by atoms with E-state index in [1.165, 1.54) is 51.9 Å². The summed E-state index contributed by atoms with van der Waals surface area (Å²) in [5, 5.41) is 7.57. The third-order valence-electron chi connectivity index (χ3n) is 6.70. The lowest BCUT2D eigenvalue weighted by atomic mass is 9.86. The summed E-state index contributed by atoms with van der Waals surface area (Å²) in [4.78, 5) is 3.50. The van der Waals surface area contributed by atoms with Crippen LogP contribution in [0.5, 0.6) is 0 Å². The van der Waals surface area contributed by atoms with Crippen molar-refractivity contribution >= 4 is 11.8 Å². The molecule has 242 valence electrons. The summed E-state index contributed by atoms with van der Waals surface area (Å²) < 4.78 is 0. The zero-order valence-electron chi connectivity index (χ0n) is 30.3. The number of nitrogens with one attached hydrogen (secondary N) is 2. The van der Waals surface area contributed by atoms with E-state index in [1.54, 1.807) is 0 Å². The van der Waals surface area contributed by atoms with Gasteiger partial charge in [-0.15, -0.1) is 0 Å². The molecule has 3 aromatic rings. The molecule has 2 N–H and O–H groups in total. The second-order valence-corrected chi connectivity index (χ2v) is 12.1. The fourth-order valence-electron chi connectivity index (χ4n) is 4.58. The van der Waals surface area contributed by atoms with E-state index in [0.717, 1.165) is 31.3 Å². The molecule has 0 bridgehead atoms. The molecule has 1 heterocycles. The monoisotopic (exact) mass is 597 g/mol. The standard InChI is InChI=1S/C20H25N.C15H19N.C3H8.2C2H6/c1-20(2,3)19(15-21)13-12-16-8-7-11-18(14-16)17-9-5-4-6-10-17;1-11(2)10-13-8-9-15(16-13)14-7-5-4-6-12(14)3;1-3-2;2*1-2/h4-5,7-9,11,13-15,21H,6,10,12H2,1-3H3;4-9,11,16H,10H2,1-3H3;3H2,1-2H3;2*1-2H3/b19-13+,21-15?;;;;. The van der Waals surface area contributed by atoms with Crippen molar-refractivity contribution in [3.63, 3.8) is 0 Å². The molecule has 1 aromatic heterocycles. The molecular formula is C42H64N2. The van der Waals surface area contributed by atoms with E-state index in [1.807, 2.05) is 27.7 Å². The summed E-state index contributed by atoms with van der Waals surface area (Å²) >= 11 is 0. The number of rotatable bonds is 7. The lowest BCUT2D eigenvalue weighted by Gasteiger charge is -2.19. The number of hydrogen-bond acceptors (Lipinski definition) is 1. The molecule has 0 radical (unpaired) electrons. The fraction of sp³-hybridized carbons (Fsp3) is 0.452. The van der Waals surface area contributed by atoms with Gasteiger partial charge in [-0.2, -0.15) is 0 Å². The Balaban J connectivity index is 0.000000714. The van der Waals surface area contributed by atoms with E-state index in [9.17, 15) is 0 Å². The number of allylic oxidation sites excluding steroid dienone is 6. The molecule has 4 rings (SSSR count). The van der Waals surface area contributed by atoms with Crippen LogP contribution in [-0.4, -0.2) is 11.2 Å². The van der Waals surface area contributed by atoms with E-state index < -0.39 is 0 Å². The minimum atomic E-state index is 0.0378. The van der Waals surface area contributed by atoms with Crippen molar-refractivity contribution < 1.29 is 0 Å². The summed E-state index contributed by atoms with van der Waals surface area (Å²) in [6.07, 6.45) is 15.8. The van der Waals surface area contributed by atoms with Crippen LogP contribution in [-0.2, 0) is 12.8 Å². The second kappa shape index (κ2) is 23.1. The molecule has 2 heteroatoms. The Hall–Kier alpha value is -3.39. The summed E-state index contributed by atoms with van der Waals surface area (Å²) in [6.45, 7) is 25.3. The van der Waals surface area contributed by atoms with Crippen LogP contribution in [0.1, 0.15) is 118 Å². The number of benzene rings is 2. The lowest BCUT2D eigenvalue weighted by Crippen LogP contribution is -2.10. The summed E-state index contributed by atoms with van der Waals surface area (Å²) in [7, 11) is 0. The molecule has 0 unspecified atom stereocenters. The normalized spacial score (nSPS) is 12.2. The first-order valence-electron chi connectivity index (χ1n) is 17.0. The quantitative estimate of drug-likeness (QED) is 0.255. The van der Waals surface area contributed by atoms with Gasteiger partial charge in [-0.3, -0.25) is 0 Å². The van der Waals surface area contributed by atoms with Crippen LogP contribution in [0.4, 0.5) is 0 Å². The Kier molecular flexibility index (Phi) is 21.3. The zero-order chi connectivity index (χ0) is 33.5. The van der Waals surface area contributed by atoms with Crippen molar-refractivity contribution in [2.24, 2.45) is 11.3 Å². The molecular weight excluding hydrogens is 532 g/mol. The van der Waals surface area contributed by atoms with Crippen molar-refractivity contribution in [1.29, 1.82) is 5.41 Å². The SMILES string of the molecule is CC.CC.CC(C)(C)/C(C=N)=C/Cc1cccc(C2=CC=CCC2)c1.CCC.Cc1ccccc1-c1ccc(CC(C)C)[nH]1. The first-order chi connectivity index (χ1) is 21.1. The first kappa shape index (κ1) is 40.6. The van der Waals surface area contributed by atoms with Crippen molar-refractivity contribution in [3.8, 4) is 11.3 Å². The predicted molar refractivity (Wildman–Crippen MR) is 201 cm³/mol. The predicted octanol–water partition coefficient (Wildman–Crippen LogP) is 13.2. The Morgan fingerprint density at radius 3 is 2.14 bits per heavy atom. The van der Waals surface area contributed by atoms with Crippen LogP contribution in [0.2, 0.25) is 0 Å².